The van der Waals surface area contributed by atoms with Crippen LogP contribution in [0.1, 0.15) is 33.1 Å². The Bertz CT molecular complexity index is 419. The van der Waals surface area contributed by atoms with E-state index in [4.69, 9.17) is 18.0 Å². The van der Waals surface area contributed by atoms with Crippen LogP contribution in [-0.2, 0) is 0 Å². The zero-order chi connectivity index (χ0) is 12.3. The average Bonchev–Trinajstić information content (AvgIpc) is 2.24. The molecule has 0 aliphatic rings. The Morgan fingerprint density at radius 2 is 2.00 bits per heavy atom. The molecule has 0 bridgehead atoms. The van der Waals surface area contributed by atoms with Crippen molar-refractivity contribution in [3.8, 4) is 0 Å². The maximum absolute atomic E-state index is 11.1. The lowest BCUT2D eigenvalue weighted by Gasteiger charge is -2.22. The molecule has 0 amide bonds. The lowest BCUT2D eigenvalue weighted by atomic mass is 10.1. The van der Waals surface area contributed by atoms with Gasteiger partial charge in [0.05, 0.1) is 5.69 Å². The molecule has 3 nitrogen and oxygen atoms in total. The van der Waals surface area contributed by atoms with Crippen molar-refractivity contribution in [3.05, 3.63) is 14.7 Å². The highest BCUT2D eigenvalue weighted by Gasteiger charge is 2.17. The van der Waals surface area contributed by atoms with Crippen LogP contribution in [0.15, 0.2) is 4.79 Å². The molecule has 0 saturated heterocycles. The fourth-order valence-corrected chi connectivity index (χ4v) is 2.17. The summed E-state index contributed by atoms with van der Waals surface area (Å²) in [5, 5.41) is 0. The molecule has 0 saturated carbocycles. The highest BCUT2D eigenvalue weighted by atomic mass is 32.1. The molecule has 90 valence electrons. The largest absolute Gasteiger partial charge is 0.394 e. The third-order valence-corrected chi connectivity index (χ3v) is 3.21. The lowest BCUT2D eigenvalue weighted by molar-refractivity contribution is 0.538. The summed E-state index contributed by atoms with van der Waals surface area (Å²) in [6.07, 6.45) is 3.56. The monoisotopic (exact) mass is 240 g/mol. The minimum atomic E-state index is -0.168. The normalized spacial score (nSPS) is 11.2. The van der Waals surface area contributed by atoms with Crippen molar-refractivity contribution in [1.82, 2.24) is 0 Å². The Morgan fingerprint density at radius 3 is 2.50 bits per heavy atom. The van der Waals surface area contributed by atoms with Gasteiger partial charge in [0.15, 0.2) is 0 Å². The molecule has 0 atom stereocenters. The van der Waals surface area contributed by atoms with Gasteiger partial charge in [-0.1, -0.05) is 38.9 Å². The lowest BCUT2D eigenvalue weighted by Crippen LogP contribution is -2.28. The van der Waals surface area contributed by atoms with E-state index >= 15 is 0 Å². The van der Waals surface area contributed by atoms with Gasteiger partial charge in [-0.2, -0.15) is 0 Å². The van der Waals surface area contributed by atoms with Crippen molar-refractivity contribution in [2.24, 2.45) is 5.92 Å². The molecule has 16 heavy (non-hydrogen) atoms. The number of nitrogens with zero attached hydrogens (tertiary/aromatic N) is 1. The van der Waals surface area contributed by atoms with Gasteiger partial charge < -0.3 is 10.6 Å². The van der Waals surface area contributed by atoms with Gasteiger partial charge in [-0.25, -0.2) is 0 Å². The first-order valence-corrected chi connectivity index (χ1v) is 6.16. The van der Waals surface area contributed by atoms with Gasteiger partial charge in [-0.05, 0) is 12.3 Å². The van der Waals surface area contributed by atoms with Crippen LogP contribution in [0.4, 0.5) is 11.4 Å². The van der Waals surface area contributed by atoms with E-state index < -0.39 is 0 Å². The van der Waals surface area contributed by atoms with E-state index in [1.165, 1.54) is 12.8 Å². The summed E-state index contributed by atoms with van der Waals surface area (Å²) in [6, 6.07) is 0. The smallest absolute Gasteiger partial charge is 0.223 e. The Balaban J connectivity index is 2.40. The number of unbranched alkanes of at least 4 members (excludes halogenated alkanes) is 1. The van der Waals surface area contributed by atoms with Crippen molar-refractivity contribution in [1.29, 1.82) is 0 Å². The molecule has 0 aromatic heterocycles. The van der Waals surface area contributed by atoms with Gasteiger partial charge in [-0.3, -0.25) is 4.79 Å². The van der Waals surface area contributed by atoms with Crippen molar-refractivity contribution < 1.29 is 0 Å². The molecule has 4 heteroatoms. The number of hydrogen-bond acceptors (Lipinski definition) is 4. The van der Waals surface area contributed by atoms with Gasteiger partial charge in [-0.15, -0.1) is 0 Å². The summed E-state index contributed by atoms with van der Waals surface area (Å²) < 4.78 is 0.392. The number of nitrogen functional groups attached to an aromatic ring is 1. The van der Waals surface area contributed by atoms with E-state index in [9.17, 15) is 4.79 Å². The molecule has 0 heterocycles. The van der Waals surface area contributed by atoms with E-state index in [0.29, 0.717) is 10.2 Å². The van der Waals surface area contributed by atoms with Crippen LogP contribution in [0.2, 0.25) is 0 Å². The van der Waals surface area contributed by atoms with E-state index in [1.807, 2.05) is 11.9 Å². The second-order valence-corrected chi connectivity index (χ2v) is 5.14. The second kappa shape index (κ2) is 5.43. The fourth-order valence-electron chi connectivity index (χ4n) is 1.79. The fraction of sp³-hybridized carbons (Fsp3) is 0.667. The van der Waals surface area contributed by atoms with E-state index in [0.717, 1.165) is 24.6 Å². The van der Waals surface area contributed by atoms with Crippen LogP contribution < -0.4 is 16.1 Å². The zero-order valence-electron chi connectivity index (χ0n) is 10.2. The van der Waals surface area contributed by atoms with Gasteiger partial charge in [0.2, 0.25) is 5.43 Å². The number of nitrogens with two attached hydrogens (primary N) is 1. The van der Waals surface area contributed by atoms with Crippen molar-refractivity contribution in [2.45, 2.75) is 33.1 Å². The van der Waals surface area contributed by atoms with Gasteiger partial charge in [0.1, 0.15) is 10.2 Å². The van der Waals surface area contributed by atoms with Gasteiger partial charge >= 0.3 is 0 Å². The van der Waals surface area contributed by atoms with Gasteiger partial charge in [0.25, 0.3) is 0 Å². The van der Waals surface area contributed by atoms with Gasteiger partial charge in [0, 0.05) is 13.6 Å². The van der Waals surface area contributed by atoms with Crippen LogP contribution in [0.3, 0.4) is 0 Å². The maximum Gasteiger partial charge on any atom is 0.223 e. The van der Waals surface area contributed by atoms with E-state index in [1.54, 1.807) is 0 Å². The first kappa shape index (κ1) is 13.2. The molecule has 1 aromatic carbocycles. The summed E-state index contributed by atoms with van der Waals surface area (Å²) in [6.45, 7) is 5.37. The van der Waals surface area contributed by atoms with Crippen LogP contribution >= 0.6 is 12.2 Å². The Labute approximate surface area is 102 Å². The molecular weight excluding hydrogens is 220 g/mol. The molecule has 1 rings (SSSR count). The summed E-state index contributed by atoms with van der Waals surface area (Å²) >= 11 is 4.97. The minimum absolute atomic E-state index is 0.168. The molecule has 0 unspecified atom stereocenters. The summed E-state index contributed by atoms with van der Waals surface area (Å²) in [5.41, 5.74) is 6.54. The van der Waals surface area contributed by atoms with E-state index in [-0.39, 0.29) is 5.43 Å². The topological polar surface area (TPSA) is 46.3 Å². The third kappa shape index (κ3) is 2.82. The molecule has 0 fully saturated rings. The van der Waals surface area contributed by atoms with Crippen LogP contribution in [-0.4, -0.2) is 13.6 Å². The minimum Gasteiger partial charge on any atom is -0.394 e. The maximum atomic E-state index is 11.1. The number of hydrogen-bond donors (Lipinski definition) is 1. The number of rotatable bonds is 6. The van der Waals surface area contributed by atoms with Crippen LogP contribution in [0, 0.1) is 10.4 Å². The first-order valence-electron chi connectivity index (χ1n) is 5.75. The van der Waals surface area contributed by atoms with Crippen LogP contribution in [0.25, 0.3) is 0 Å². The molecule has 1 aromatic rings. The van der Waals surface area contributed by atoms with Crippen molar-refractivity contribution >= 4 is 23.6 Å². The molecule has 0 radical (unpaired) electrons. The first-order chi connectivity index (χ1) is 7.45. The predicted octanol–water partition coefficient (Wildman–Crippen LogP) is 2.50. The second-order valence-electron chi connectivity index (χ2n) is 4.73. The summed E-state index contributed by atoms with van der Waals surface area (Å²) in [4.78, 5) is 13.1. The summed E-state index contributed by atoms with van der Waals surface area (Å²) in [5.74, 6) is 0.751. The molecule has 0 aliphatic heterocycles. The molecule has 0 aliphatic carbocycles. The SMILES string of the molecule is CC(C)CCCCN(C)c1c(N)c(=O)c1=S. The van der Waals surface area contributed by atoms with E-state index in [2.05, 4.69) is 13.8 Å². The highest BCUT2D eigenvalue weighted by Crippen LogP contribution is 2.23. The predicted molar refractivity (Wildman–Crippen MR) is 72.3 cm³/mol. The standard InChI is InChI=1S/C12H20N2OS/c1-8(2)6-4-5-7-14(3)10-9(13)11(15)12(10)16/h8H,4-7,13H2,1-3H3. The quantitative estimate of drug-likeness (QED) is 0.613. The van der Waals surface area contributed by atoms with Crippen molar-refractivity contribution in [3.63, 3.8) is 0 Å². The zero-order valence-corrected chi connectivity index (χ0v) is 11.1. The highest BCUT2D eigenvalue weighted by molar-refractivity contribution is 7.71. The third-order valence-electron chi connectivity index (χ3n) is 2.83. The molecule has 0 spiro atoms. The average molecular weight is 240 g/mol. The Kier molecular flexibility index (Phi) is 4.47. The van der Waals surface area contributed by atoms with Crippen LogP contribution in [0.5, 0.6) is 0 Å². The molecule has 2 N–H and O–H groups in total. The Morgan fingerprint density at radius 1 is 1.38 bits per heavy atom. The molecular formula is C12H20N2OS. The van der Waals surface area contributed by atoms with Crippen molar-refractivity contribution in [2.75, 3.05) is 24.2 Å². The Hall–Kier alpha value is -0.900. The number of anilines is 2. The summed E-state index contributed by atoms with van der Waals surface area (Å²) in [7, 11) is 1.94.